The summed E-state index contributed by atoms with van der Waals surface area (Å²) < 4.78 is 5.19. The summed E-state index contributed by atoms with van der Waals surface area (Å²) in [6.07, 6.45) is 2.58. The van der Waals surface area contributed by atoms with Gasteiger partial charge < -0.3 is 15.0 Å². The van der Waals surface area contributed by atoms with Crippen LogP contribution in [0.3, 0.4) is 0 Å². The van der Waals surface area contributed by atoms with E-state index in [1.807, 2.05) is 36.4 Å². The predicted molar refractivity (Wildman–Crippen MR) is 101 cm³/mol. The third kappa shape index (κ3) is 4.29. The van der Waals surface area contributed by atoms with Gasteiger partial charge in [-0.1, -0.05) is 24.3 Å². The Hall–Kier alpha value is -2.66. The van der Waals surface area contributed by atoms with Crippen molar-refractivity contribution in [3.63, 3.8) is 0 Å². The van der Waals surface area contributed by atoms with Crippen LogP contribution in [0.5, 0.6) is 0 Å². The molecule has 2 amide bonds. The third-order valence-corrected chi connectivity index (χ3v) is 4.62. The molecule has 0 atom stereocenters. The van der Waals surface area contributed by atoms with E-state index in [1.54, 1.807) is 24.1 Å². The number of hydrogen-bond donors (Lipinski definition) is 1. The first-order chi connectivity index (χ1) is 12.7. The van der Waals surface area contributed by atoms with Gasteiger partial charge in [0.15, 0.2) is 0 Å². The van der Waals surface area contributed by atoms with Crippen molar-refractivity contribution < 1.29 is 14.3 Å². The minimum Gasteiger partial charge on any atom is -0.380 e. The molecule has 1 aliphatic rings. The van der Waals surface area contributed by atoms with Gasteiger partial charge in [0.2, 0.25) is 5.91 Å². The third-order valence-electron chi connectivity index (χ3n) is 4.62. The normalized spacial score (nSPS) is 14.3. The Kier molecular flexibility index (Phi) is 6.02. The van der Waals surface area contributed by atoms with Gasteiger partial charge in [-0.15, -0.1) is 0 Å². The molecule has 0 radical (unpaired) electrons. The predicted octanol–water partition coefficient (Wildman–Crippen LogP) is 3.28. The summed E-state index contributed by atoms with van der Waals surface area (Å²) in [5.74, 6) is 0.0249. The molecule has 1 fully saturated rings. The number of amides is 2. The zero-order valence-corrected chi connectivity index (χ0v) is 15.0. The van der Waals surface area contributed by atoms with Crippen molar-refractivity contribution in [2.45, 2.75) is 32.4 Å². The van der Waals surface area contributed by atoms with Crippen molar-refractivity contribution in [1.29, 1.82) is 0 Å². The van der Waals surface area contributed by atoms with E-state index in [9.17, 15) is 9.59 Å². The van der Waals surface area contributed by atoms with Crippen LogP contribution in [0.25, 0.3) is 0 Å². The Morgan fingerprint density at radius 2 is 1.81 bits per heavy atom. The monoisotopic (exact) mass is 352 g/mol. The first-order valence-electron chi connectivity index (χ1n) is 8.93. The number of methoxy groups -OCH3 is 1. The van der Waals surface area contributed by atoms with Crippen LogP contribution in [-0.2, 0) is 22.7 Å². The number of piperidine rings is 1. The van der Waals surface area contributed by atoms with Gasteiger partial charge in [-0.2, -0.15) is 0 Å². The zero-order valence-electron chi connectivity index (χ0n) is 15.0. The van der Waals surface area contributed by atoms with Crippen LogP contribution in [0.2, 0.25) is 0 Å². The Labute approximate surface area is 154 Å². The molecule has 0 spiro atoms. The summed E-state index contributed by atoms with van der Waals surface area (Å²) in [6.45, 7) is 1.72. The number of nitrogens with zero attached hydrogens (tertiary/aromatic N) is 1. The molecular formula is C21H24N2O3. The maximum Gasteiger partial charge on any atom is 0.251 e. The molecule has 0 unspecified atom stereocenters. The van der Waals surface area contributed by atoms with E-state index in [0.717, 1.165) is 36.2 Å². The van der Waals surface area contributed by atoms with Crippen LogP contribution in [0.1, 0.15) is 40.7 Å². The lowest BCUT2D eigenvalue weighted by molar-refractivity contribution is -0.119. The van der Waals surface area contributed by atoms with Crippen molar-refractivity contribution in [2.75, 3.05) is 18.6 Å². The van der Waals surface area contributed by atoms with E-state index in [4.69, 9.17) is 4.74 Å². The minimum atomic E-state index is -0.131. The van der Waals surface area contributed by atoms with Crippen LogP contribution in [0.4, 0.5) is 5.69 Å². The van der Waals surface area contributed by atoms with E-state index < -0.39 is 0 Å². The molecule has 2 aromatic rings. The van der Waals surface area contributed by atoms with E-state index in [0.29, 0.717) is 25.1 Å². The van der Waals surface area contributed by atoms with E-state index in [-0.39, 0.29) is 11.8 Å². The molecule has 0 aliphatic carbocycles. The van der Waals surface area contributed by atoms with Gasteiger partial charge in [-0.25, -0.2) is 0 Å². The Bertz CT molecular complexity index is 771. The second-order valence-corrected chi connectivity index (χ2v) is 6.43. The highest BCUT2D eigenvalue weighted by Gasteiger charge is 2.19. The highest BCUT2D eigenvalue weighted by molar-refractivity contribution is 5.96. The van der Waals surface area contributed by atoms with E-state index in [1.165, 1.54) is 0 Å². The molecule has 1 N–H and O–H groups in total. The highest BCUT2D eigenvalue weighted by atomic mass is 16.5. The van der Waals surface area contributed by atoms with Gasteiger partial charge >= 0.3 is 0 Å². The number of ether oxygens (including phenoxy) is 1. The van der Waals surface area contributed by atoms with Crippen molar-refractivity contribution in [3.8, 4) is 0 Å². The van der Waals surface area contributed by atoms with Crippen molar-refractivity contribution in [2.24, 2.45) is 0 Å². The average Bonchev–Trinajstić information content (AvgIpc) is 2.68. The highest BCUT2D eigenvalue weighted by Crippen LogP contribution is 2.21. The van der Waals surface area contributed by atoms with E-state index >= 15 is 0 Å². The molecule has 1 saturated heterocycles. The summed E-state index contributed by atoms with van der Waals surface area (Å²) in [6, 6.07) is 15.1. The van der Waals surface area contributed by atoms with Crippen molar-refractivity contribution >= 4 is 17.5 Å². The molecule has 0 aromatic heterocycles. The largest absolute Gasteiger partial charge is 0.380 e. The molecule has 1 heterocycles. The van der Waals surface area contributed by atoms with Gasteiger partial charge in [-0.3, -0.25) is 9.59 Å². The second kappa shape index (κ2) is 8.63. The van der Waals surface area contributed by atoms with Crippen LogP contribution >= 0.6 is 0 Å². The lowest BCUT2D eigenvalue weighted by Gasteiger charge is -2.26. The fourth-order valence-corrected chi connectivity index (χ4v) is 3.18. The molecule has 2 aromatic carbocycles. The van der Waals surface area contributed by atoms with Gasteiger partial charge in [0.1, 0.15) is 0 Å². The summed E-state index contributed by atoms with van der Waals surface area (Å²) in [4.78, 5) is 26.2. The molecule has 3 rings (SSSR count). The molecular weight excluding hydrogens is 328 g/mol. The van der Waals surface area contributed by atoms with Gasteiger partial charge in [0.05, 0.1) is 6.61 Å². The summed E-state index contributed by atoms with van der Waals surface area (Å²) in [7, 11) is 1.66. The first kappa shape index (κ1) is 18.1. The summed E-state index contributed by atoms with van der Waals surface area (Å²) >= 11 is 0. The fourth-order valence-electron chi connectivity index (χ4n) is 3.18. The average molecular weight is 352 g/mol. The molecule has 26 heavy (non-hydrogen) atoms. The molecule has 0 bridgehead atoms. The molecule has 136 valence electrons. The lowest BCUT2D eigenvalue weighted by atomic mass is 10.1. The number of hydrogen-bond acceptors (Lipinski definition) is 3. The molecule has 1 aliphatic heterocycles. The minimum absolute atomic E-state index is 0.131. The number of nitrogens with one attached hydrogen (secondary N) is 1. The zero-order chi connectivity index (χ0) is 18.4. The van der Waals surface area contributed by atoms with Crippen LogP contribution < -0.4 is 10.2 Å². The topological polar surface area (TPSA) is 58.6 Å². The number of carbonyl (C=O) groups is 2. The molecule has 5 heteroatoms. The van der Waals surface area contributed by atoms with E-state index in [2.05, 4.69) is 5.32 Å². The van der Waals surface area contributed by atoms with Gasteiger partial charge in [0, 0.05) is 37.9 Å². The van der Waals surface area contributed by atoms with Crippen LogP contribution in [0.15, 0.2) is 48.5 Å². The van der Waals surface area contributed by atoms with Gasteiger partial charge in [-0.05, 0) is 48.2 Å². The van der Waals surface area contributed by atoms with Crippen LogP contribution in [-0.4, -0.2) is 25.5 Å². The maximum atomic E-state index is 12.4. The number of carbonyl (C=O) groups excluding carboxylic acids is 2. The smallest absolute Gasteiger partial charge is 0.251 e. The lowest BCUT2D eigenvalue weighted by Crippen LogP contribution is -2.35. The van der Waals surface area contributed by atoms with Crippen molar-refractivity contribution in [1.82, 2.24) is 5.32 Å². The van der Waals surface area contributed by atoms with Crippen LogP contribution in [0, 0.1) is 0 Å². The summed E-state index contributed by atoms with van der Waals surface area (Å²) in [5, 5.41) is 2.95. The number of anilines is 1. The first-order valence-corrected chi connectivity index (χ1v) is 8.93. The number of benzene rings is 2. The Morgan fingerprint density at radius 3 is 2.50 bits per heavy atom. The quantitative estimate of drug-likeness (QED) is 0.868. The van der Waals surface area contributed by atoms with Gasteiger partial charge in [0.25, 0.3) is 5.91 Å². The SMILES string of the molecule is COCc1ccccc1CNC(=O)c1ccc(N2CCCCC2=O)cc1. The fraction of sp³-hybridized carbons (Fsp3) is 0.333. The Balaban J connectivity index is 1.62. The Morgan fingerprint density at radius 1 is 1.08 bits per heavy atom. The maximum absolute atomic E-state index is 12.4. The second-order valence-electron chi connectivity index (χ2n) is 6.43. The molecule has 5 nitrogen and oxygen atoms in total. The molecule has 0 saturated carbocycles. The summed E-state index contributed by atoms with van der Waals surface area (Å²) in [5.41, 5.74) is 3.55. The van der Waals surface area contributed by atoms with Crippen molar-refractivity contribution in [3.05, 3.63) is 65.2 Å². The number of rotatable bonds is 6. The standard InChI is InChI=1S/C21H24N2O3/c1-26-15-18-7-3-2-6-17(18)14-22-21(25)16-9-11-19(12-10-16)23-13-5-4-8-20(23)24/h2-3,6-7,9-12H,4-5,8,13-15H2,1H3,(H,22,25).